The van der Waals surface area contributed by atoms with E-state index in [-0.39, 0.29) is 17.3 Å². The minimum Gasteiger partial charge on any atom is -0.490 e. The Morgan fingerprint density at radius 3 is 2.67 bits per heavy atom. The molecule has 2 unspecified atom stereocenters. The second kappa shape index (κ2) is 6.35. The molecule has 0 saturated heterocycles. The van der Waals surface area contributed by atoms with Crippen LogP contribution in [0.4, 0.5) is 4.39 Å². The Kier molecular flexibility index (Phi) is 4.92. The highest BCUT2D eigenvalue weighted by molar-refractivity contribution is 5.37. The van der Waals surface area contributed by atoms with Crippen LogP contribution in [-0.2, 0) is 6.42 Å². The summed E-state index contributed by atoms with van der Waals surface area (Å²) < 4.78 is 19.3. The molecule has 2 rings (SSSR count). The highest BCUT2D eigenvalue weighted by Crippen LogP contribution is 2.38. The molecule has 0 aliphatic carbocycles. The van der Waals surface area contributed by atoms with Crippen molar-refractivity contribution in [2.24, 2.45) is 11.3 Å². The summed E-state index contributed by atoms with van der Waals surface area (Å²) in [5.74, 6) is 1.24. The number of benzene rings is 1. The van der Waals surface area contributed by atoms with Crippen LogP contribution in [0.1, 0.15) is 46.6 Å². The lowest BCUT2D eigenvalue weighted by Crippen LogP contribution is -2.42. The van der Waals surface area contributed by atoms with Crippen molar-refractivity contribution in [2.75, 3.05) is 6.54 Å². The lowest BCUT2D eigenvalue weighted by molar-refractivity contribution is 0.104. The Morgan fingerprint density at radius 1 is 1.33 bits per heavy atom. The van der Waals surface area contributed by atoms with Crippen molar-refractivity contribution < 1.29 is 9.13 Å². The second-order valence-corrected chi connectivity index (χ2v) is 7.24. The first-order valence-corrected chi connectivity index (χ1v) is 7.98. The fourth-order valence-corrected chi connectivity index (χ4v) is 2.87. The van der Waals surface area contributed by atoms with E-state index in [1.807, 2.05) is 0 Å². The molecule has 0 radical (unpaired) electrons. The van der Waals surface area contributed by atoms with Crippen LogP contribution in [0.2, 0.25) is 0 Å². The van der Waals surface area contributed by atoms with E-state index in [1.165, 1.54) is 6.07 Å². The molecule has 2 nitrogen and oxygen atoms in total. The Labute approximate surface area is 128 Å². The third-order valence-electron chi connectivity index (χ3n) is 4.77. The van der Waals surface area contributed by atoms with Gasteiger partial charge in [-0.2, -0.15) is 0 Å². The minimum absolute atomic E-state index is 0.156. The second-order valence-electron chi connectivity index (χ2n) is 7.24. The van der Waals surface area contributed by atoms with Gasteiger partial charge in [-0.05, 0) is 36.0 Å². The van der Waals surface area contributed by atoms with Crippen LogP contribution in [0.15, 0.2) is 18.2 Å². The summed E-state index contributed by atoms with van der Waals surface area (Å²) >= 11 is 0. The van der Waals surface area contributed by atoms with Gasteiger partial charge < -0.3 is 10.1 Å². The molecule has 21 heavy (non-hydrogen) atoms. The highest BCUT2D eigenvalue weighted by atomic mass is 19.1. The van der Waals surface area contributed by atoms with Crippen molar-refractivity contribution in [3.05, 3.63) is 29.6 Å². The fourth-order valence-electron chi connectivity index (χ4n) is 2.87. The monoisotopic (exact) mass is 293 g/mol. The Balaban J connectivity index is 2.03. The molecule has 0 saturated carbocycles. The van der Waals surface area contributed by atoms with Crippen LogP contribution in [0.3, 0.4) is 0 Å². The average molecular weight is 293 g/mol. The molecule has 3 heteroatoms. The van der Waals surface area contributed by atoms with Gasteiger partial charge in [0.2, 0.25) is 0 Å². The van der Waals surface area contributed by atoms with E-state index in [2.05, 4.69) is 39.9 Å². The standard InChI is InChI=1S/C18H28FNO/c1-12(2)18(5,11-20-13(3)4)10-16-9-14-8-15(19)6-7-17(14)21-16/h6-8,12-13,16,20H,9-11H2,1-5H3. The number of nitrogens with one attached hydrogen (secondary N) is 1. The smallest absolute Gasteiger partial charge is 0.123 e. The molecule has 0 amide bonds. The van der Waals surface area contributed by atoms with Gasteiger partial charge in [-0.15, -0.1) is 0 Å². The Bertz CT molecular complexity index is 486. The van der Waals surface area contributed by atoms with Crippen molar-refractivity contribution in [1.29, 1.82) is 0 Å². The van der Waals surface area contributed by atoms with Gasteiger partial charge in [0.05, 0.1) is 0 Å². The number of hydrogen-bond donors (Lipinski definition) is 1. The summed E-state index contributed by atoms with van der Waals surface area (Å²) in [6.07, 6.45) is 1.96. The molecule has 2 atom stereocenters. The minimum atomic E-state index is -0.175. The van der Waals surface area contributed by atoms with Crippen molar-refractivity contribution in [3.63, 3.8) is 0 Å². The first-order valence-electron chi connectivity index (χ1n) is 7.98. The van der Waals surface area contributed by atoms with Crippen LogP contribution in [0, 0.1) is 17.2 Å². The van der Waals surface area contributed by atoms with E-state index >= 15 is 0 Å². The van der Waals surface area contributed by atoms with Crippen LogP contribution in [-0.4, -0.2) is 18.7 Å². The molecule has 1 heterocycles. The van der Waals surface area contributed by atoms with Gasteiger partial charge in [-0.1, -0.05) is 34.6 Å². The van der Waals surface area contributed by atoms with Crippen molar-refractivity contribution in [1.82, 2.24) is 5.32 Å². The first-order chi connectivity index (χ1) is 9.80. The first kappa shape index (κ1) is 16.3. The predicted molar refractivity (Wildman–Crippen MR) is 85.2 cm³/mol. The number of halogens is 1. The molecule has 1 aromatic rings. The molecular weight excluding hydrogens is 265 g/mol. The van der Waals surface area contributed by atoms with Gasteiger partial charge in [-0.3, -0.25) is 0 Å². The maximum Gasteiger partial charge on any atom is 0.123 e. The molecule has 0 aromatic heterocycles. The van der Waals surface area contributed by atoms with Gasteiger partial charge in [0.15, 0.2) is 0 Å². The number of fused-ring (bicyclic) bond motifs is 1. The largest absolute Gasteiger partial charge is 0.490 e. The zero-order chi connectivity index (χ0) is 15.6. The van der Waals surface area contributed by atoms with Crippen molar-refractivity contribution in [2.45, 2.75) is 59.6 Å². The van der Waals surface area contributed by atoms with Gasteiger partial charge in [0.1, 0.15) is 17.7 Å². The number of hydrogen-bond acceptors (Lipinski definition) is 2. The van der Waals surface area contributed by atoms with E-state index in [9.17, 15) is 4.39 Å². The highest BCUT2D eigenvalue weighted by Gasteiger charge is 2.35. The van der Waals surface area contributed by atoms with Crippen LogP contribution < -0.4 is 10.1 Å². The molecule has 1 aliphatic rings. The molecule has 1 aromatic carbocycles. The third-order valence-corrected chi connectivity index (χ3v) is 4.77. The van der Waals surface area contributed by atoms with Crippen LogP contribution in [0.5, 0.6) is 5.75 Å². The lowest BCUT2D eigenvalue weighted by atomic mass is 9.74. The SMILES string of the molecule is CC(C)NCC(C)(CC1Cc2cc(F)ccc2O1)C(C)C. The molecule has 1 aliphatic heterocycles. The van der Waals surface area contributed by atoms with Crippen molar-refractivity contribution >= 4 is 0 Å². The summed E-state index contributed by atoms with van der Waals surface area (Å²) in [6.45, 7) is 12.2. The van der Waals surface area contributed by atoms with E-state index in [0.717, 1.165) is 30.7 Å². The molecule has 0 bridgehead atoms. The average Bonchev–Trinajstić information content (AvgIpc) is 2.77. The topological polar surface area (TPSA) is 21.3 Å². The summed E-state index contributed by atoms with van der Waals surface area (Å²) in [4.78, 5) is 0. The summed E-state index contributed by atoms with van der Waals surface area (Å²) in [5, 5.41) is 3.56. The van der Waals surface area contributed by atoms with E-state index in [1.54, 1.807) is 12.1 Å². The van der Waals surface area contributed by atoms with Crippen LogP contribution >= 0.6 is 0 Å². The molecule has 0 spiro atoms. The lowest BCUT2D eigenvalue weighted by Gasteiger charge is -2.36. The van der Waals surface area contributed by atoms with E-state index in [0.29, 0.717) is 12.0 Å². The number of ether oxygens (including phenoxy) is 1. The van der Waals surface area contributed by atoms with Crippen molar-refractivity contribution in [3.8, 4) is 5.75 Å². The zero-order valence-corrected chi connectivity index (χ0v) is 13.9. The maximum atomic E-state index is 13.3. The number of rotatable bonds is 6. The fraction of sp³-hybridized carbons (Fsp3) is 0.667. The summed E-state index contributed by atoms with van der Waals surface area (Å²) in [5.41, 5.74) is 1.18. The summed E-state index contributed by atoms with van der Waals surface area (Å²) in [7, 11) is 0. The predicted octanol–water partition coefficient (Wildman–Crippen LogP) is 4.18. The maximum absolute atomic E-state index is 13.3. The van der Waals surface area contributed by atoms with Gasteiger partial charge in [0, 0.05) is 24.6 Å². The van der Waals surface area contributed by atoms with Gasteiger partial charge >= 0.3 is 0 Å². The quantitative estimate of drug-likeness (QED) is 0.849. The normalized spacial score (nSPS) is 20.5. The molecular formula is C18H28FNO. The Morgan fingerprint density at radius 2 is 2.05 bits per heavy atom. The molecule has 0 fully saturated rings. The zero-order valence-electron chi connectivity index (χ0n) is 13.9. The Hall–Kier alpha value is -1.09. The third kappa shape index (κ3) is 3.97. The van der Waals surface area contributed by atoms with E-state index < -0.39 is 0 Å². The van der Waals surface area contributed by atoms with E-state index in [4.69, 9.17) is 4.74 Å². The van der Waals surface area contributed by atoms with Gasteiger partial charge in [-0.25, -0.2) is 4.39 Å². The summed E-state index contributed by atoms with van der Waals surface area (Å²) in [6, 6.07) is 5.32. The molecule has 1 N–H and O–H groups in total. The van der Waals surface area contributed by atoms with Gasteiger partial charge in [0.25, 0.3) is 0 Å². The van der Waals surface area contributed by atoms with Crippen LogP contribution in [0.25, 0.3) is 0 Å². The molecule has 118 valence electrons.